The third-order valence-corrected chi connectivity index (χ3v) is 3.64. The Morgan fingerprint density at radius 3 is 2.95 bits per heavy atom. The summed E-state index contributed by atoms with van der Waals surface area (Å²) in [5, 5.41) is 7.49. The fourth-order valence-corrected chi connectivity index (χ4v) is 2.59. The van der Waals surface area contributed by atoms with Gasteiger partial charge in [0.25, 0.3) is 0 Å². The molecule has 1 aliphatic heterocycles. The average molecular weight is 300 g/mol. The van der Waals surface area contributed by atoms with Gasteiger partial charge in [0.1, 0.15) is 6.54 Å². The second kappa shape index (κ2) is 5.97. The molecule has 0 bridgehead atoms. The monoisotopic (exact) mass is 300 g/mol. The number of ether oxygens (including phenoxy) is 1. The molecule has 0 spiro atoms. The van der Waals surface area contributed by atoms with Crippen LogP contribution in [0.4, 0.5) is 5.69 Å². The number of anilines is 1. The molecule has 3 rings (SSSR count). The van der Waals surface area contributed by atoms with Gasteiger partial charge in [-0.2, -0.15) is 0 Å². The Bertz CT molecular complexity index is 710. The summed E-state index contributed by atoms with van der Waals surface area (Å²) in [7, 11) is 1.27. The van der Waals surface area contributed by atoms with Gasteiger partial charge in [0.05, 0.1) is 13.3 Å². The number of aromatic nitrogens is 3. The number of para-hydroxylation sites is 1. The van der Waals surface area contributed by atoms with Crippen LogP contribution in [0.3, 0.4) is 0 Å². The van der Waals surface area contributed by atoms with Gasteiger partial charge < -0.3 is 9.64 Å². The molecule has 0 radical (unpaired) electrons. The topological polar surface area (TPSA) is 77.3 Å². The standard InChI is InChI=1S/C15H16N4O3/c1-22-15(21)12-9-18(17-16-12)10-14(20)19-8-4-6-11-5-2-3-7-13(11)19/h2-3,5,7,9H,4,6,8,10H2,1H3. The summed E-state index contributed by atoms with van der Waals surface area (Å²) < 4.78 is 5.92. The molecule has 1 aromatic carbocycles. The van der Waals surface area contributed by atoms with Crippen molar-refractivity contribution in [2.45, 2.75) is 19.4 Å². The van der Waals surface area contributed by atoms with Crippen molar-refractivity contribution in [2.24, 2.45) is 0 Å². The van der Waals surface area contributed by atoms with Crippen LogP contribution in [0, 0.1) is 0 Å². The van der Waals surface area contributed by atoms with Crippen molar-refractivity contribution >= 4 is 17.6 Å². The van der Waals surface area contributed by atoms with E-state index in [0.717, 1.165) is 18.5 Å². The number of amides is 1. The van der Waals surface area contributed by atoms with E-state index in [2.05, 4.69) is 15.0 Å². The van der Waals surface area contributed by atoms with E-state index in [1.807, 2.05) is 24.3 Å². The largest absolute Gasteiger partial charge is 0.464 e. The first-order valence-corrected chi connectivity index (χ1v) is 7.06. The van der Waals surface area contributed by atoms with E-state index in [4.69, 9.17) is 0 Å². The van der Waals surface area contributed by atoms with Crippen molar-refractivity contribution in [2.75, 3.05) is 18.6 Å². The highest BCUT2D eigenvalue weighted by Crippen LogP contribution is 2.26. The zero-order valence-electron chi connectivity index (χ0n) is 12.2. The van der Waals surface area contributed by atoms with E-state index >= 15 is 0 Å². The maximum absolute atomic E-state index is 12.5. The van der Waals surface area contributed by atoms with Crippen molar-refractivity contribution in [3.05, 3.63) is 41.7 Å². The van der Waals surface area contributed by atoms with Crippen LogP contribution in [0.5, 0.6) is 0 Å². The molecule has 0 saturated heterocycles. The fraction of sp³-hybridized carbons (Fsp3) is 0.333. The maximum atomic E-state index is 12.5. The number of benzene rings is 1. The summed E-state index contributed by atoms with van der Waals surface area (Å²) >= 11 is 0. The summed E-state index contributed by atoms with van der Waals surface area (Å²) in [6, 6.07) is 7.90. The van der Waals surface area contributed by atoms with Crippen molar-refractivity contribution in [3.8, 4) is 0 Å². The Labute approximate surface area is 127 Å². The Morgan fingerprint density at radius 2 is 2.14 bits per heavy atom. The molecular formula is C15H16N4O3. The van der Waals surface area contributed by atoms with Gasteiger partial charge in [-0.15, -0.1) is 5.10 Å². The van der Waals surface area contributed by atoms with Crippen LogP contribution in [-0.4, -0.2) is 40.5 Å². The molecule has 7 nitrogen and oxygen atoms in total. The molecule has 22 heavy (non-hydrogen) atoms. The molecule has 0 unspecified atom stereocenters. The Balaban J connectivity index is 1.75. The number of carbonyl (C=O) groups excluding carboxylic acids is 2. The number of hydrogen-bond donors (Lipinski definition) is 0. The first-order valence-electron chi connectivity index (χ1n) is 7.06. The zero-order chi connectivity index (χ0) is 15.5. The van der Waals surface area contributed by atoms with E-state index < -0.39 is 5.97 Å². The predicted octanol–water partition coefficient (Wildman–Crippen LogP) is 1.04. The molecule has 1 aromatic heterocycles. The summed E-state index contributed by atoms with van der Waals surface area (Å²) in [5.74, 6) is -0.643. The highest BCUT2D eigenvalue weighted by atomic mass is 16.5. The molecule has 1 amide bonds. The van der Waals surface area contributed by atoms with Crippen molar-refractivity contribution in [1.82, 2.24) is 15.0 Å². The van der Waals surface area contributed by atoms with Crippen LogP contribution in [0.2, 0.25) is 0 Å². The summed E-state index contributed by atoms with van der Waals surface area (Å²) in [6.45, 7) is 0.729. The van der Waals surface area contributed by atoms with Gasteiger partial charge in [-0.1, -0.05) is 23.4 Å². The minimum absolute atomic E-state index is 0.0400. The molecule has 0 N–H and O–H groups in total. The minimum atomic E-state index is -0.568. The molecule has 2 aromatic rings. The molecule has 1 aliphatic rings. The summed E-state index contributed by atoms with van der Waals surface area (Å²) in [6.07, 6.45) is 3.34. The third-order valence-electron chi connectivity index (χ3n) is 3.64. The Kier molecular flexibility index (Phi) is 3.86. The molecule has 0 saturated carbocycles. The van der Waals surface area contributed by atoms with Gasteiger partial charge in [-0.05, 0) is 24.5 Å². The number of hydrogen-bond acceptors (Lipinski definition) is 5. The number of rotatable bonds is 3. The van der Waals surface area contributed by atoms with E-state index in [1.54, 1.807) is 4.90 Å². The molecule has 2 heterocycles. The fourth-order valence-electron chi connectivity index (χ4n) is 2.59. The number of fused-ring (bicyclic) bond motifs is 1. The average Bonchev–Trinajstić information content (AvgIpc) is 3.02. The molecule has 0 aliphatic carbocycles. The van der Waals surface area contributed by atoms with Gasteiger partial charge in [0.15, 0.2) is 5.69 Å². The number of nitrogens with zero attached hydrogens (tertiary/aromatic N) is 4. The molecule has 0 fully saturated rings. The maximum Gasteiger partial charge on any atom is 0.360 e. The third kappa shape index (κ3) is 2.69. The van der Waals surface area contributed by atoms with Crippen LogP contribution in [0.15, 0.2) is 30.5 Å². The number of aryl methyl sites for hydroxylation is 1. The van der Waals surface area contributed by atoms with Crippen LogP contribution in [-0.2, 0) is 22.5 Å². The van der Waals surface area contributed by atoms with Gasteiger partial charge in [-0.3, -0.25) is 4.79 Å². The summed E-state index contributed by atoms with van der Waals surface area (Å²) in [4.78, 5) is 25.6. The van der Waals surface area contributed by atoms with E-state index in [0.29, 0.717) is 6.54 Å². The smallest absolute Gasteiger partial charge is 0.360 e. The lowest BCUT2D eigenvalue weighted by atomic mass is 10.0. The predicted molar refractivity (Wildman–Crippen MR) is 78.5 cm³/mol. The lowest BCUT2D eigenvalue weighted by Gasteiger charge is -2.29. The zero-order valence-corrected chi connectivity index (χ0v) is 12.2. The minimum Gasteiger partial charge on any atom is -0.464 e. The van der Waals surface area contributed by atoms with Crippen molar-refractivity contribution in [1.29, 1.82) is 0 Å². The Morgan fingerprint density at radius 1 is 1.32 bits per heavy atom. The second-order valence-corrected chi connectivity index (χ2v) is 5.07. The number of methoxy groups -OCH3 is 1. The number of carbonyl (C=O) groups is 2. The van der Waals surface area contributed by atoms with Gasteiger partial charge in [0, 0.05) is 12.2 Å². The summed E-state index contributed by atoms with van der Waals surface area (Å²) in [5.41, 5.74) is 2.22. The van der Waals surface area contributed by atoms with Crippen LogP contribution < -0.4 is 4.90 Å². The highest BCUT2D eigenvalue weighted by Gasteiger charge is 2.23. The van der Waals surface area contributed by atoms with Crippen LogP contribution >= 0.6 is 0 Å². The van der Waals surface area contributed by atoms with E-state index in [-0.39, 0.29) is 18.1 Å². The molecular weight excluding hydrogens is 284 g/mol. The van der Waals surface area contributed by atoms with Crippen molar-refractivity contribution < 1.29 is 14.3 Å². The molecule has 114 valence electrons. The van der Waals surface area contributed by atoms with E-state index in [1.165, 1.54) is 23.6 Å². The highest BCUT2D eigenvalue weighted by molar-refractivity contribution is 5.94. The van der Waals surface area contributed by atoms with Gasteiger partial charge in [0.2, 0.25) is 5.91 Å². The first kappa shape index (κ1) is 14.2. The molecule has 7 heteroatoms. The van der Waals surface area contributed by atoms with E-state index in [9.17, 15) is 9.59 Å². The van der Waals surface area contributed by atoms with Gasteiger partial charge in [-0.25, -0.2) is 9.48 Å². The lowest BCUT2D eigenvalue weighted by Crippen LogP contribution is -2.37. The van der Waals surface area contributed by atoms with Crippen LogP contribution in [0.1, 0.15) is 22.5 Å². The second-order valence-electron chi connectivity index (χ2n) is 5.07. The number of esters is 1. The Hall–Kier alpha value is -2.70. The SMILES string of the molecule is COC(=O)c1cn(CC(=O)N2CCCc3ccccc32)nn1. The molecule has 0 atom stereocenters. The lowest BCUT2D eigenvalue weighted by molar-refractivity contribution is -0.119. The normalized spacial score (nSPS) is 13.6. The van der Waals surface area contributed by atoms with Crippen molar-refractivity contribution in [3.63, 3.8) is 0 Å². The van der Waals surface area contributed by atoms with Crippen LogP contribution in [0.25, 0.3) is 0 Å². The quantitative estimate of drug-likeness (QED) is 0.792. The van der Waals surface area contributed by atoms with Gasteiger partial charge >= 0.3 is 5.97 Å². The first-order chi connectivity index (χ1) is 10.7.